The average molecular weight is 359 g/mol. The molecule has 26 heavy (non-hydrogen) atoms. The van der Waals surface area contributed by atoms with Crippen LogP contribution in [0.3, 0.4) is 0 Å². The van der Waals surface area contributed by atoms with Gasteiger partial charge >= 0.3 is 6.03 Å². The topological polar surface area (TPSA) is 114 Å². The second-order valence-corrected chi connectivity index (χ2v) is 6.55. The fourth-order valence-electron chi connectivity index (χ4n) is 3.30. The minimum Gasteiger partial charge on any atom is -0.480 e. The molecule has 0 spiro atoms. The third-order valence-corrected chi connectivity index (χ3v) is 4.98. The molecule has 3 heterocycles. The third-order valence-electron chi connectivity index (χ3n) is 4.98. The van der Waals surface area contributed by atoms with Gasteiger partial charge in [0.25, 0.3) is 0 Å². The van der Waals surface area contributed by atoms with E-state index in [0.29, 0.717) is 36.4 Å². The molecular formula is C16H21N7O3. The maximum absolute atomic E-state index is 12.4. The van der Waals surface area contributed by atoms with E-state index in [1.807, 2.05) is 4.90 Å². The van der Waals surface area contributed by atoms with Gasteiger partial charge in [-0.2, -0.15) is 4.52 Å². The van der Waals surface area contributed by atoms with Crippen molar-refractivity contribution in [3.63, 3.8) is 0 Å². The predicted molar refractivity (Wildman–Crippen MR) is 90.5 cm³/mol. The van der Waals surface area contributed by atoms with Gasteiger partial charge in [-0.15, -0.1) is 15.3 Å². The number of amides is 3. The van der Waals surface area contributed by atoms with Gasteiger partial charge in [-0.05, 0) is 31.7 Å². The Morgan fingerprint density at radius 2 is 2.15 bits per heavy atom. The highest BCUT2D eigenvalue weighted by molar-refractivity contribution is 5.88. The Bertz CT molecular complexity index is 832. The largest absolute Gasteiger partial charge is 0.480 e. The third kappa shape index (κ3) is 3.02. The van der Waals surface area contributed by atoms with E-state index in [1.54, 1.807) is 12.1 Å². The molecule has 1 saturated heterocycles. The molecule has 2 aromatic rings. The predicted octanol–water partition coefficient (Wildman–Crippen LogP) is 0.0855. The van der Waals surface area contributed by atoms with E-state index < -0.39 is 12.1 Å². The van der Waals surface area contributed by atoms with Crippen LogP contribution in [0.25, 0.3) is 5.65 Å². The Morgan fingerprint density at radius 1 is 1.31 bits per heavy atom. The van der Waals surface area contributed by atoms with Crippen LogP contribution in [0.1, 0.15) is 31.5 Å². The first-order chi connectivity index (χ1) is 12.7. The summed E-state index contributed by atoms with van der Waals surface area (Å²) in [6.07, 6.45) is 3.97. The van der Waals surface area contributed by atoms with Crippen molar-refractivity contribution in [2.24, 2.45) is 0 Å². The Morgan fingerprint density at radius 3 is 2.88 bits per heavy atom. The Balaban J connectivity index is 1.33. The van der Waals surface area contributed by atoms with Gasteiger partial charge in [-0.25, -0.2) is 4.79 Å². The average Bonchev–Trinajstić information content (AvgIpc) is 3.16. The lowest BCUT2D eigenvalue weighted by atomic mass is 9.92. The monoisotopic (exact) mass is 359 g/mol. The highest BCUT2D eigenvalue weighted by atomic mass is 16.5. The van der Waals surface area contributed by atoms with Crippen LogP contribution in [0.5, 0.6) is 5.88 Å². The minimum atomic E-state index is -0.455. The smallest absolute Gasteiger partial charge is 0.315 e. The summed E-state index contributed by atoms with van der Waals surface area (Å²) in [6, 6.07) is 2.92. The zero-order valence-electron chi connectivity index (χ0n) is 14.5. The number of urea groups is 1. The Hall–Kier alpha value is -2.91. The van der Waals surface area contributed by atoms with Gasteiger partial charge in [0, 0.05) is 18.7 Å². The molecular weight excluding hydrogens is 338 g/mol. The Labute approximate surface area is 149 Å². The summed E-state index contributed by atoms with van der Waals surface area (Å²) in [6.45, 7) is 0.855. The number of aromatic nitrogens is 4. The summed E-state index contributed by atoms with van der Waals surface area (Å²) in [5.74, 6) is 0.919. The summed E-state index contributed by atoms with van der Waals surface area (Å²) < 4.78 is 6.60. The second-order valence-electron chi connectivity index (χ2n) is 6.55. The first kappa shape index (κ1) is 16.6. The fourth-order valence-corrected chi connectivity index (χ4v) is 3.30. The first-order valence-electron chi connectivity index (χ1n) is 8.76. The molecule has 2 aromatic heterocycles. The number of methoxy groups -OCH3 is 1. The SMILES string of the molecule is COc1ccc2nnc(CNC(=O)NC3CCN(C4CCC4)C3=O)n2n1. The molecule has 10 nitrogen and oxygen atoms in total. The lowest BCUT2D eigenvalue weighted by molar-refractivity contribution is -0.132. The van der Waals surface area contributed by atoms with Crippen LogP contribution in [-0.2, 0) is 11.3 Å². The van der Waals surface area contributed by atoms with Gasteiger partial charge < -0.3 is 20.3 Å². The summed E-state index contributed by atoms with van der Waals surface area (Å²) in [4.78, 5) is 26.4. The van der Waals surface area contributed by atoms with Crippen LogP contribution in [0.2, 0.25) is 0 Å². The molecule has 0 radical (unpaired) electrons. The number of ether oxygens (including phenoxy) is 1. The van der Waals surface area contributed by atoms with Crippen molar-refractivity contribution in [2.45, 2.75) is 44.3 Å². The molecule has 3 amide bonds. The molecule has 4 rings (SSSR count). The number of hydrogen-bond acceptors (Lipinski definition) is 6. The van der Waals surface area contributed by atoms with Crippen LogP contribution in [-0.4, -0.2) is 62.4 Å². The number of nitrogens with one attached hydrogen (secondary N) is 2. The number of rotatable bonds is 5. The quantitative estimate of drug-likeness (QED) is 0.782. The van der Waals surface area contributed by atoms with Crippen molar-refractivity contribution >= 4 is 17.6 Å². The molecule has 138 valence electrons. The van der Waals surface area contributed by atoms with Crippen LogP contribution >= 0.6 is 0 Å². The minimum absolute atomic E-state index is 0.0178. The van der Waals surface area contributed by atoms with E-state index in [4.69, 9.17) is 4.74 Å². The van der Waals surface area contributed by atoms with Crippen molar-refractivity contribution in [3.05, 3.63) is 18.0 Å². The van der Waals surface area contributed by atoms with Gasteiger partial charge in [0.2, 0.25) is 11.8 Å². The van der Waals surface area contributed by atoms with Crippen molar-refractivity contribution in [3.8, 4) is 5.88 Å². The number of carbonyl (C=O) groups is 2. The van der Waals surface area contributed by atoms with Crippen molar-refractivity contribution < 1.29 is 14.3 Å². The molecule has 2 N–H and O–H groups in total. The summed E-state index contributed by atoms with van der Waals surface area (Å²) in [5.41, 5.74) is 0.560. The van der Waals surface area contributed by atoms with Gasteiger partial charge in [0.1, 0.15) is 6.04 Å². The van der Waals surface area contributed by atoms with E-state index in [1.165, 1.54) is 18.0 Å². The molecule has 10 heteroatoms. The van der Waals surface area contributed by atoms with Gasteiger partial charge in [-0.3, -0.25) is 4.79 Å². The zero-order chi connectivity index (χ0) is 18.1. The molecule has 1 aliphatic heterocycles. The molecule has 1 unspecified atom stereocenters. The van der Waals surface area contributed by atoms with E-state index in [-0.39, 0.29) is 12.5 Å². The molecule has 1 saturated carbocycles. The normalized spacial score (nSPS) is 20.3. The molecule has 1 aliphatic carbocycles. The van der Waals surface area contributed by atoms with Gasteiger partial charge in [0.05, 0.1) is 13.7 Å². The number of likely N-dealkylation sites (tertiary alicyclic amines) is 1. The number of hydrogen-bond donors (Lipinski definition) is 2. The second kappa shape index (κ2) is 6.77. The molecule has 2 fully saturated rings. The van der Waals surface area contributed by atoms with Crippen LogP contribution in [0.4, 0.5) is 4.79 Å². The summed E-state index contributed by atoms with van der Waals surface area (Å²) in [5, 5.41) is 17.7. The molecule has 1 atom stereocenters. The van der Waals surface area contributed by atoms with E-state index in [2.05, 4.69) is 25.9 Å². The van der Waals surface area contributed by atoms with E-state index in [9.17, 15) is 9.59 Å². The summed E-state index contributed by atoms with van der Waals surface area (Å²) >= 11 is 0. The van der Waals surface area contributed by atoms with Gasteiger partial charge in [0.15, 0.2) is 11.5 Å². The fraction of sp³-hybridized carbons (Fsp3) is 0.562. The Kier molecular flexibility index (Phi) is 4.31. The first-order valence-corrected chi connectivity index (χ1v) is 8.76. The van der Waals surface area contributed by atoms with E-state index in [0.717, 1.165) is 12.8 Å². The van der Waals surface area contributed by atoms with Crippen molar-refractivity contribution in [2.75, 3.05) is 13.7 Å². The van der Waals surface area contributed by atoms with Gasteiger partial charge in [-0.1, -0.05) is 0 Å². The number of carbonyl (C=O) groups excluding carboxylic acids is 2. The maximum atomic E-state index is 12.4. The number of nitrogens with zero attached hydrogens (tertiary/aromatic N) is 5. The summed E-state index contributed by atoms with van der Waals surface area (Å²) in [7, 11) is 1.52. The molecule has 0 bridgehead atoms. The highest BCUT2D eigenvalue weighted by Crippen LogP contribution is 2.28. The lowest BCUT2D eigenvalue weighted by Gasteiger charge is -2.34. The zero-order valence-corrected chi connectivity index (χ0v) is 14.5. The van der Waals surface area contributed by atoms with Crippen LogP contribution in [0, 0.1) is 0 Å². The molecule has 2 aliphatic rings. The van der Waals surface area contributed by atoms with Crippen LogP contribution < -0.4 is 15.4 Å². The number of fused-ring (bicyclic) bond motifs is 1. The molecule has 0 aromatic carbocycles. The van der Waals surface area contributed by atoms with Crippen molar-refractivity contribution in [1.82, 2.24) is 35.3 Å². The van der Waals surface area contributed by atoms with Crippen LogP contribution in [0.15, 0.2) is 12.1 Å². The highest BCUT2D eigenvalue weighted by Gasteiger charge is 2.38. The van der Waals surface area contributed by atoms with E-state index >= 15 is 0 Å². The lowest BCUT2D eigenvalue weighted by Crippen LogP contribution is -2.48. The standard InChI is InChI=1S/C16H21N7O3/c1-26-14-6-5-12-19-20-13(23(12)21-14)9-17-16(25)18-11-7-8-22(15(11)24)10-3-2-4-10/h5-6,10-11H,2-4,7-9H2,1H3,(H2,17,18,25). The van der Waals surface area contributed by atoms with Crippen molar-refractivity contribution in [1.29, 1.82) is 0 Å². The maximum Gasteiger partial charge on any atom is 0.315 e.